The van der Waals surface area contributed by atoms with E-state index in [1.54, 1.807) is 12.1 Å². The molecular weight excluding hydrogens is 250 g/mol. The minimum atomic E-state index is -0.530. The zero-order chi connectivity index (χ0) is 13.8. The van der Waals surface area contributed by atoms with Gasteiger partial charge in [-0.3, -0.25) is 14.9 Å². The van der Waals surface area contributed by atoms with Gasteiger partial charge in [-0.05, 0) is 6.07 Å². The third kappa shape index (κ3) is 2.63. The lowest BCUT2D eigenvalue weighted by molar-refractivity contribution is -0.385. The van der Waals surface area contributed by atoms with Gasteiger partial charge in [0.15, 0.2) is 11.5 Å². The van der Waals surface area contributed by atoms with Gasteiger partial charge in [0, 0.05) is 12.3 Å². The minimum Gasteiger partial charge on any atom is -0.382 e. The molecular formula is C11H9N5O3. The van der Waals surface area contributed by atoms with Gasteiger partial charge in [-0.15, -0.1) is 0 Å². The predicted molar refractivity (Wildman–Crippen MR) is 69.6 cm³/mol. The molecule has 0 fully saturated rings. The molecule has 2 aromatic rings. The lowest BCUT2D eigenvalue weighted by atomic mass is 10.2. The van der Waals surface area contributed by atoms with Crippen molar-refractivity contribution in [3.05, 3.63) is 56.6 Å². The number of aromatic amines is 1. The van der Waals surface area contributed by atoms with E-state index in [1.807, 2.05) is 0 Å². The SMILES string of the molecule is Nc1nc[nH]c(=O)c1N=Cc1ccccc1[N+](=O)[O-]. The van der Waals surface area contributed by atoms with E-state index in [9.17, 15) is 14.9 Å². The summed E-state index contributed by atoms with van der Waals surface area (Å²) in [4.78, 5) is 31.6. The fourth-order valence-corrected chi connectivity index (χ4v) is 1.43. The Bertz CT molecular complexity index is 707. The van der Waals surface area contributed by atoms with Gasteiger partial charge in [0.25, 0.3) is 11.2 Å². The maximum absolute atomic E-state index is 11.5. The molecule has 0 saturated heterocycles. The zero-order valence-electron chi connectivity index (χ0n) is 9.61. The van der Waals surface area contributed by atoms with Crippen molar-refractivity contribution in [1.82, 2.24) is 9.97 Å². The number of para-hydroxylation sites is 1. The fourth-order valence-electron chi connectivity index (χ4n) is 1.43. The van der Waals surface area contributed by atoms with E-state index in [2.05, 4.69) is 15.0 Å². The van der Waals surface area contributed by atoms with E-state index < -0.39 is 10.5 Å². The molecule has 19 heavy (non-hydrogen) atoms. The first kappa shape index (κ1) is 12.4. The third-order valence-corrected chi connectivity index (χ3v) is 2.32. The van der Waals surface area contributed by atoms with Crippen LogP contribution in [0.1, 0.15) is 5.56 Å². The highest BCUT2D eigenvalue weighted by atomic mass is 16.6. The molecule has 1 aromatic carbocycles. The van der Waals surface area contributed by atoms with E-state index >= 15 is 0 Å². The molecule has 0 radical (unpaired) electrons. The Hall–Kier alpha value is -3.03. The summed E-state index contributed by atoms with van der Waals surface area (Å²) in [5, 5.41) is 10.8. The molecule has 0 aliphatic heterocycles. The number of nitrogen functional groups attached to an aromatic ring is 1. The minimum absolute atomic E-state index is 0.0430. The van der Waals surface area contributed by atoms with E-state index in [0.717, 1.165) is 6.33 Å². The molecule has 0 amide bonds. The topological polar surface area (TPSA) is 127 Å². The molecule has 96 valence electrons. The van der Waals surface area contributed by atoms with E-state index in [-0.39, 0.29) is 22.8 Å². The van der Waals surface area contributed by atoms with Crippen LogP contribution in [0.3, 0.4) is 0 Å². The molecule has 0 saturated carbocycles. The highest BCUT2D eigenvalue weighted by Gasteiger charge is 2.10. The van der Waals surface area contributed by atoms with Crippen LogP contribution in [0.2, 0.25) is 0 Å². The molecule has 8 heteroatoms. The first-order chi connectivity index (χ1) is 9.09. The number of aliphatic imine (C=N–C) groups is 1. The number of hydrogen-bond acceptors (Lipinski definition) is 6. The first-order valence-corrected chi connectivity index (χ1v) is 5.20. The maximum atomic E-state index is 11.5. The van der Waals surface area contributed by atoms with Crippen molar-refractivity contribution in [2.75, 3.05) is 5.73 Å². The molecule has 0 aliphatic carbocycles. The number of nitro benzene ring substituents is 1. The molecule has 0 bridgehead atoms. The maximum Gasteiger partial charge on any atom is 0.278 e. The number of nitrogens with zero attached hydrogens (tertiary/aromatic N) is 3. The van der Waals surface area contributed by atoms with Crippen LogP contribution in [0.4, 0.5) is 17.2 Å². The van der Waals surface area contributed by atoms with Crippen LogP contribution in [0.15, 0.2) is 40.4 Å². The second kappa shape index (κ2) is 5.08. The Balaban J connectivity index is 2.44. The number of nitro groups is 1. The van der Waals surface area contributed by atoms with Gasteiger partial charge in [0.2, 0.25) is 0 Å². The van der Waals surface area contributed by atoms with E-state index in [4.69, 9.17) is 5.73 Å². The van der Waals surface area contributed by atoms with Crippen LogP contribution in [0.25, 0.3) is 0 Å². The lowest BCUT2D eigenvalue weighted by Crippen LogP contribution is -2.08. The summed E-state index contributed by atoms with van der Waals surface area (Å²) in [6.07, 6.45) is 2.36. The summed E-state index contributed by atoms with van der Waals surface area (Å²) in [6.45, 7) is 0. The van der Waals surface area contributed by atoms with Gasteiger partial charge in [-0.1, -0.05) is 12.1 Å². The number of hydrogen-bond donors (Lipinski definition) is 2. The lowest BCUT2D eigenvalue weighted by Gasteiger charge is -1.98. The molecule has 1 aromatic heterocycles. The molecule has 0 atom stereocenters. The molecule has 2 rings (SSSR count). The quantitative estimate of drug-likeness (QED) is 0.483. The summed E-state index contributed by atoms with van der Waals surface area (Å²) in [5.41, 5.74) is 5.08. The molecule has 8 nitrogen and oxygen atoms in total. The summed E-state index contributed by atoms with van der Waals surface area (Å²) >= 11 is 0. The number of benzene rings is 1. The van der Waals surface area contributed by atoms with Gasteiger partial charge in [-0.25, -0.2) is 9.98 Å². The Morgan fingerprint density at radius 3 is 2.84 bits per heavy atom. The molecule has 1 heterocycles. The summed E-state index contributed by atoms with van der Waals surface area (Å²) in [6, 6.07) is 6.03. The van der Waals surface area contributed by atoms with E-state index in [1.165, 1.54) is 18.3 Å². The highest BCUT2D eigenvalue weighted by molar-refractivity contribution is 5.87. The summed E-state index contributed by atoms with van der Waals surface area (Å²) < 4.78 is 0. The van der Waals surface area contributed by atoms with Gasteiger partial charge in [0.05, 0.1) is 16.8 Å². The second-order valence-corrected chi connectivity index (χ2v) is 3.54. The van der Waals surface area contributed by atoms with Gasteiger partial charge < -0.3 is 10.7 Å². The largest absolute Gasteiger partial charge is 0.382 e. The second-order valence-electron chi connectivity index (χ2n) is 3.54. The van der Waals surface area contributed by atoms with Crippen molar-refractivity contribution in [2.45, 2.75) is 0 Å². The first-order valence-electron chi connectivity index (χ1n) is 5.20. The standard InChI is InChI=1S/C11H9N5O3/c12-10-9(11(17)15-6-14-10)13-5-7-3-1-2-4-8(7)16(18)19/h1-6H,(H3,12,14,15,17). The zero-order valence-corrected chi connectivity index (χ0v) is 9.61. The monoisotopic (exact) mass is 259 g/mol. The number of H-pyrrole nitrogens is 1. The van der Waals surface area contributed by atoms with Crippen LogP contribution in [0.5, 0.6) is 0 Å². The van der Waals surface area contributed by atoms with Gasteiger partial charge in [0.1, 0.15) is 0 Å². The Morgan fingerprint density at radius 2 is 2.16 bits per heavy atom. The van der Waals surface area contributed by atoms with Crippen LogP contribution in [-0.2, 0) is 0 Å². The number of rotatable bonds is 3. The van der Waals surface area contributed by atoms with Crippen molar-refractivity contribution in [2.24, 2.45) is 4.99 Å². The number of nitrogens with two attached hydrogens (primary N) is 1. The number of anilines is 1. The predicted octanol–water partition coefficient (Wildman–Crippen LogP) is 1.01. The average molecular weight is 259 g/mol. The Labute approximate surface area is 106 Å². The Kier molecular flexibility index (Phi) is 3.33. The van der Waals surface area contributed by atoms with Crippen molar-refractivity contribution < 1.29 is 4.92 Å². The van der Waals surface area contributed by atoms with Crippen LogP contribution in [-0.4, -0.2) is 21.1 Å². The molecule has 0 spiro atoms. The fraction of sp³-hybridized carbons (Fsp3) is 0. The smallest absolute Gasteiger partial charge is 0.278 e. The number of aromatic nitrogens is 2. The van der Waals surface area contributed by atoms with Gasteiger partial charge >= 0.3 is 0 Å². The number of nitrogens with one attached hydrogen (secondary N) is 1. The van der Waals surface area contributed by atoms with Crippen molar-refractivity contribution in [3.8, 4) is 0 Å². The molecule has 0 unspecified atom stereocenters. The molecule has 0 aliphatic rings. The average Bonchev–Trinajstić information content (AvgIpc) is 2.38. The summed E-state index contributed by atoms with van der Waals surface area (Å²) in [5.74, 6) is -0.0430. The normalized spacial score (nSPS) is 10.7. The highest BCUT2D eigenvalue weighted by Crippen LogP contribution is 2.17. The van der Waals surface area contributed by atoms with E-state index in [0.29, 0.717) is 0 Å². The van der Waals surface area contributed by atoms with Crippen LogP contribution in [0, 0.1) is 10.1 Å². The third-order valence-electron chi connectivity index (χ3n) is 2.32. The van der Waals surface area contributed by atoms with Crippen LogP contribution < -0.4 is 11.3 Å². The van der Waals surface area contributed by atoms with Gasteiger partial charge in [-0.2, -0.15) is 0 Å². The van der Waals surface area contributed by atoms with Crippen molar-refractivity contribution >= 4 is 23.4 Å². The molecule has 3 N–H and O–H groups in total. The Morgan fingerprint density at radius 1 is 1.42 bits per heavy atom. The summed E-state index contributed by atoms with van der Waals surface area (Å²) in [7, 11) is 0. The van der Waals surface area contributed by atoms with Crippen molar-refractivity contribution in [1.29, 1.82) is 0 Å². The van der Waals surface area contributed by atoms with Crippen LogP contribution >= 0.6 is 0 Å². The van der Waals surface area contributed by atoms with Crippen molar-refractivity contribution in [3.63, 3.8) is 0 Å².